The van der Waals surface area contributed by atoms with Gasteiger partial charge in [-0.05, 0) is 60.7 Å². The minimum absolute atomic E-state index is 0.0296. The first kappa shape index (κ1) is 21.6. The highest BCUT2D eigenvalue weighted by molar-refractivity contribution is 5.80. The molecule has 3 heterocycles. The van der Waals surface area contributed by atoms with Crippen molar-refractivity contribution in [3.63, 3.8) is 0 Å². The average molecular weight is 487 g/mol. The van der Waals surface area contributed by atoms with Gasteiger partial charge in [-0.15, -0.1) is 0 Å². The first-order chi connectivity index (χ1) is 18.2. The van der Waals surface area contributed by atoms with Crippen LogP contribution in [0.5, 0.6) is 17.4 Å². The van der Waals surface area contributed by atoms with Gasteiger partial charge >= 0.3 is 0 Å². The van der Waals surface area contributed by atoms with Crippen molar-refractivity contribution in [3.8, 4) is 17.4 Å². The van der Waals surface area contributed by atoms with Crippen molar-refractivity contribution in [2.24, 2.45) is 0 Å². The lowest BCUT2D eigenvalue weighted by molar-refractivity contribution is 0.217. The zero-order valence-electron chi connectivity index (χ0n) is 20.4. The van der Waals surface area contributed by atoms with Gasteiger partial charge < -0.3 is 24.2 Å². The first-order valence-corrected chi connectivity index (χ1v) is 12.5. The number of allylic oxidation sites excluding steroid dienone is 1. The second kappa shape index (κ2) is 8.75. The van der Waals surface area contributed by atoms with Gasteiger partial charge in [-0.1, -0.05) is 36.4 Å². The fourth-order valence-corrected chi connectivity index (χ4v) is 5.34. The van der Waals surface area contributed by atoms with Gasteiger partial charge in [0.1, 0.15) is 17.6 Å². The Hall–Kier alpha value is -4.71. The molecule has 0 saturated carbocycles. The Morgan fingerprint density at radius 2 is 1.68 bits per heavy atom. The van der Waals surface area contributed by atoms with Crippen LogP contribution in [0.25, 0.3) is 0 Å². The normalized spacial score (nSPS) is 19.5. The number of anilines is 4. The standard InChI is InChI=1S/C31H26N4O2/c1-33-21-34(26-12-3-2-11-25(26)33)22-16-17-30-28(20-22)35(27-13-4-5-14-29(27)37-30)23-9-8-10-24(19-23)36-31-15-6-7-18-32-31/h2-20,28,30H,21H2,1H3. The highest BCUT2D eigenvalue weighted by Crippen LogP contribution is 2.45. The summed E-state index contributed by atoms with van der Waals surface area (Å²) in [6.07, 6.45) is 8.30. The van der Waals surface area contributed by atoms with Gasteiger partial charge in [0.05, 0.1) is 29.8 Å². The van der Waals surface area contributed by atoms with E-state index in [4.69, 9.17) is 9.47 Å². The SMILES string of the molecule is CN1CN(C2=CC3C(C=C2)Oc2ccccc2N3c2cccc(Oc3ccccn3)c2)c2ccccc21. The largest absolute Gasteiger partial charge is 0.482 e. The topological polar surface area (TPSA) is 41.1 Å². The maximum Gasteiger partial charge on any atom is 0.219 e. The molecule has 2 aliphatic heterocycles. The molecule has 0 spiro atoms. The monoisotopic (exact) mass is 486 g/mol. The molecule has 0 bridgehead atoms. The van der Waals surface area contributed by atoms with Crippen molar-refractivity contribution >= 4 is 22.7 Å². The number of ether oxygens (including phenoxy) is 2. The highest BCUT2D eigenvalue weighted by Gasteiger charge is 2.37. The van der Waals surface area contributed by atoms with E-state index in [1.54, 1.807) is 6.20 Å². The Bertz CT molecular complexity index is 1520. The van der Waals surface area contributed by atoms with Crippen LogP contribution < -0.4 is 24.2 Å². The number of aromatic nitrogens is 1. The molecule has 2 atom stereocenters. The number of pyridine rings is 1. The predicted octanol–water partition coefficient (Wildman–Crippen LogP) is 6.51. The van der Waals surface area contributed by atoms with Crippen molar-refractivity contribution < 1.29 is 9.47 Å². The van der Waals surface area contributed by atoms with Crippen LogP contribution >= 0.6 is 0 Å². The highest BCUT2D eigenvalue weighted by atomic mass is 16.5. The third-order valence-corrected chi connectivity index (χ3v) is 7.03. The van der Waals surface area contributed by atoms with Crippen molar-refractivity contribution in [2.75, 3.05) is 28.4 Å². The molecule has 0 N–H and O–H groups in total. The molecule has 4 aromatic rings. The Kier molecular flexibility index (Phi) is 5.10. The van der Waals surface area contributed by atoms with Gasteiger partial charge in [0, 0.05) is 36.8 Å². The van der Waals surface area contributed by atoms with E-state index in [0.717, 1.165) is 35.2 Å². The third-order valence-electron chi connectivity index (χ3n) is 7.03. The average Bonchev–Trinajstić information content (AvgIpc) is 3.28. The number of hydrogen-bond donors (Lipinski definition) is 0. The fourth-order valence-electron chi connectivity index (χ4n) is 5.34. The van der Waals surface area contributed by atoms with E-state index in [1.165, 1.54) is 11.4 Å². The van der Waals surface area contributed by atoms with Crippen molar-refractivity contribution in [1.29, 1.82) is 0 Å². The Labute approximate surface area is 216 Å². The van der Waals surface area contributed by atoms with Crippen molar-refractivity contribution in [2.45, 2.75) is 12.1 Å². The van der Waals surface area contributed by atoms with Crippen LogP contribution in [-0.2, 0) is 0 Å². The quantitative estimate of drug-likeness (QED) is 0.328. The van der Waals surface area contributed by atoms with Gasteiger partial charge in [-0.3, -0.25) is 0 Å². The molecule has 0 amide bonds. The number of hydrogen-bond acceptors (Lipinski definition) is 6. The van der Waals surface area contributed by atoms with Crippen LogP contribution in [0.3, 0.4) is 0 Å². The summed E-state index contributed by atoms with van der Waals surface area (Å²) in [4.78, 5) is 11.3. The fraction of sp³-hybridized carbons (Fsp3) is 0.129. The summed E-state index contributed by atoms with van der Waals surface area (Å²) in [5.41, 5.74) is 5.67. The van der Waals surface area contributed by atoms with Gasteiger partial charge in [0.25, 0.3) is 0 Å². The van der Waals surface area contributed by atoms with Crippen molar-refractivity contribution in [3.05, 3.63) is 121 Å². The number of rotatable bonds is 4. The van der Waals surface area contributed by atoms with E-state index < -0.39 is 0 Å². The van der Waals surface area contributed by atoms with Gasteiger partial charge in [0.15, 0.2) is 0 Å². The molecule has 0 saturated heterocycles. The van der Waals surface area contributed by atoms with Crippen molar-refractivity contribution in [1.82, 2.24) is 4.98 Å². The lowest BCUT2D eigenvalue weighted by Gasteiger charge is -2.43. The summed E-state index contributed by atoms with van der Waals surface area (Å²) >= 11 is 0. The summed E-state index contributed by atoms with van der Waals surface area (Å²) in [5, 5.41) is 0. The van der Waals surface area contributed by atoms with E-state index in [-0.39, 0.29) is 12.1 Å². The lowest BCUT2D eigenvalue weighted by atomic mass is 9.97. The zero-order valence-corrected chi connectivity index (χ0v) is 20.4. The Balaban J connectivity index is 1.29. The number of para-hydroxylation sites is 4. The molecule has 37 heavy (non-hydrogen) atoms. The Morgan fingerprint density at radius 3 is 2.54 bits per heavy atom. The molecule has 1 aliphatic carbocycles. The molecule has 6 nitrogen and oxygen atoms in total. The Morgan fingerprint density at radius 1 is 0.865 bits per heavy atom. The summed E-state index contributed by atoms with van der Waals surface area (Å²) in [7, 11) is 2.13. The van der Waals surface area contributed by atoms with E-state index in [0.29, 0.717) is 5.88 Å². The summed E-state index contributed by atoms with van der Waals surface area (Å²) < 4.78 is 12.5. The second-order valence-corrected chi connectivity index (χ2v) is 9.38. The van der Waals surface area contributed by atoms with Gasteiger partial charge in [0.2, 0.25) is 5.88 Å². The predicted molar refractivity (Wildman–Crippen MR) is 147 cm³/mol. The number of nitrogens with zero attached hydrogens (tertiary/aromatic N) is 4. The summed E-state index contributed by atoms with van der Waals surface area (Å²) in [5.74, 6) is 2.18. The summed E-state index contributed by atoms with van der Waals surface area (Å²) in [6.45, 7) is 0.803. The maximum atomic E-state index is 6.47. The molecular weight excluding hydrogens is 460 g/mol. The maximum absolute atomic E-state index is 6.47. The third kappa shape index (κ3) is 3.78. The molecule has 2 unspecified atom stereocenters. The molecule has 3 aliphatic rings. The van der Waals surface area contributed by atoms with Crippen LogP contribution in [-0.4, -0.2) is 30.8 Å². The van der Waals surface area contributed by atoms with E-state index in [1.807, 2.05) is 42.5 Å². The van der Waals surface area contributed by atoms with Crippen LogP contribution in [0.4, 0.5) is 22.7 Å². The van der Waals surface area contributed by atoms with E-state index in [9.17, 15) is 0 Å². The number of fused-ring (bicyclic) bond motifs is 3. The van der Waals surface area contributed by atoms with Gasteiger partial charge in [-0.25, -0.2) is 4.98 Å². The van der Waals surface area contributed by atoms with Crippen LogP contribution in [0.2, 0.25) is 0 Å². The van der Waals surface area contributed by atoms with E-state index >= 15 is 0 Å². The van der Waals surface area contributed by atoms with Crippen LogP contribution in [0.1, 0.15) is 0 Å². The number of benzene rings is 3. The molecule has 0 fully saturated rings. The minimum Gasteiger partial charge on any atom is -0.482 e. The molecule has 6 heteroatoms. The molecule has 3 aromatic carbocycles. The van der Waals surface area contributed by atoms with Crippen LogP contribution in [0.15, 0.2) is 121 Å². The molecule has 182 valence electrons. The van der Waals surface area contributed by atoms with E-state index in [2.05, 4.69) is 93.5 Å². The first-order valence-electron chi connectivity index (χ1n) is 12.5. The summed E-state index contributed by atoms with van der Waals surface area (Å²) in [6, 6.07) is 30.6. The lowest BCUT2D eigenvalue weighted by Crippen LogP contribution is -2.47. The molecular formula is C31H26N4O2. The molecule has 0 radical (unpaired) electrons. The second-order valence-electron chi connectivity index (χ2n) is 9.38. The smallest absolute Gasteiger partial charge is 0.219 e. The molecule has 1 aromatic heterocycles. The zero-order chi connectivity index (χ0) is 24.8. The van der Waals surface area contributed by atoms with Crippen LogP contribution in [0, 0.1) is 0 Å². The molecule has 7 rings (SSSR count). The van der Waals surface area contributed by atoms with Gasteiger partial charge in [-0.2, -0.15) is 0 Å². The minimum atomic E-state index is -0.116.